The van der Waals surface area contributed by atoms with Gasteiger partial charge < -0.3 is 14.3 Å². The van der Waals surface area contributed by atoms with Crippen LogP contribution in [-0.2, 0) is 0 Å². The number of piperazine rings is 1. The quantitative estimate of drug-likeness (QED) is 0.816. The molecule has 0 aliphatic carbocycles. The lowest BCUT2D eigenvalue weighted by Gasteiger charge is -2.38. The van der Waals surface area contributed by atoms with E-state index in [1.165, 1.54) is 0 Å². The van der Waals surface area contributed by atoms with Crippen LogP contribution in [0.4, 0.5) is 4.79 Å². The van der Waals surface area contributed by atoms with Crippen LogP contribution in [-0.4, -0.2) is 75.1 Å². The Morgan fingerprint density at radius 2 is 1.85 bits per heavy atom. The van der Waals surface area contributed by atoms with Gasteiger partial charge >= 0.3 is 6.03 Å². The third kappa shape index (κ3) is 3.85. The second kappa shape index (κ2) is 8.27. The van der Waals surface area contributed by atoms with Gasteiger partial charge in [0.1, 0.15) is 0 Å². The van der Waals surface area contributed by atoms with Crippen molar-refractivity contribution in [2.45, 2.75) is 26.8 Å². The van der Waals surface area contributed by atoms with E-state index in [0.717, 1.165) is 31.7 Å². The van der Waals surface area contributed by atoms with Gasteiger partial charge in [-0.3, -0.25) is 9.88 Å². The molecule has 8 nitrogen and oxygen atoms in total. The molecule has 0 unspecified atom stereocenters. The van der Waals surface area contributed by atoms with Crippen LogP contribution in [0.5, 0.6) is 0 Å². The maximum Gasteiger partial charge on any atom is 0.320 e. The standard InChI is InChI=1S/C18H26N6O2/c1-4-22(5-2)18(25)24-12-10-23(11-13-24)14(3)17-20-16(21-26-17)15-6-8-19-9-7-15/h6-9,14H,4-5,10-13H2,1-3H3/t14-/m1/s1. The largest absolute Gasteiger partial charge is 0.337 e. The summed E-state index contributed by atoms with van der Waals surface area (Å²) in [5, 5.41) is 4.08. The van der Waals surface area contributed by atoms with Crippen LogP contribution in [0.2, 0.25) is 0 Å². The summed E-state index contributed by atoms with van der Waals surface area (Å²) in [6.45, 7) is 10.6. The molecule has 2 amide bonds. The van der Waals surface area contributed by atoms with Crippen molar-refractivity contribution in [3.63, 3.8) is 0 Å². The van der Waals surface area contributed by atoms with Crippen LogP contribution in [0.15, 0.2) is 29.0 Å². The molecule has 1 aliphatic rings. The van der Waals surface area contributed by atoms with Gasteiger partial charge in [0.25, 0.3) is 0 Å². The Hall–Kier alpha value is -2.48. The summed E-state index contributed by atoms with van der Waals surface area (Å²) in [5.74, 6) is 1.17. The highest BCUT2D eigenvalue weighted by Gasteiger charge is 2.29. The summed E-state index contributed by atoms with van der Waals surface area (Å²) >= 11 is 0. The normalized spacial score (nSPS) is 16.5. The van der Waals surface area contributed by atoms with Gasteiger partial charge in [-0.25, -0.2) is 4.79 Å². The van der Waals surface area contributed by atoms with Gasteiger partial charge in [0.15, 0.2) is 0 Å². The van der Waals surface area contributed by atoms with Crippen LogP contribution in [0.1, 0.15) is 32.7 Å². The number of aromatic nitrogens is 3. The number of carbonyl (C=O) groups is 1. The summed E-state index contributed by atoms with van der Waals surface area (Å²) in [5.41, 5.74) is 0.886. The van der Waals surface area contributed by atoms with E-state index in [-0.39, 0.29) is 12.1 Å². The van der Waals surface area contributed by atoms with Crippen LogP contribution in [0.25, 0.3) is 11.4 Å². The van der Waals surface area contributed by atoms with E-state index in [1.807, 2.05) is 35.8 Å². The molecule has 0 N–H and O–H groups in total. The number of amides is 2. The maximum atomic E-state index is 12.5. The number of nitrogens with zero attached hydrogens (tertiary/aromatic N) is 6. The minimum absolute atomic E-state index is 0.0174. The Balaban J connectivity index is 1.60. The molecule has 1 saturated heterocycles. The molecule has 0 bridgehead atoms. The van der Waals surface area contributed by atoms with Crippen molar-refractivity contribution < 1.29 is 9.32 Å². The van der Waals surface area contributed by atoms with Gasteiger partial charge in [0.05, 0.1) is 6.04 Å². The zero-order valence-corrected chi connectivity index (χ0v) is 15.6. The zero-order chi connectivity index (χ0) is 18.5. The molecule has 0 spiro atoms. The fraction of sp³-hybridized carbons (Fsp3) is 0.556. The molecular formula is C18H26N6O2. The summed E-state index contributed by atoms with van der Waals surface area (Å²) < 4.78 is 5.47. The third-order valence-electron chi connectivity index (χ3n) is 4.90. The Kier molecular flexibility index (Phi) is 5.82. The average Bonchev–Trinajstić information content (AvgIpc) is 3.19. The number of hydrogen-bond acceptors (Lipinski definition) is 6. The zero-order valence-electron chi connectivity index (χ0n) is 15.6. The first-order chi connectivity index (χ1) is 12.6. The van der Waals surface area contributed by atoms with Crippen molar-refractivity contribution in [2.24, 2.45) is 0 Å². The first-order valence-corrected chi connectivity index (χ1v) is 9.16. The van der Waals surface area contributed by atoms with Crippen molar-refractivity contribution in [2.75, 3.05) is 39.3 Å². The van der Waals surface area contributed by atoms with Gasteiger partial charge in [0.2, 0.25) is 11.7 Å². The van der Waals surface area contributed by atoms with Crippen molar-refractivity contribution in [3.8, 4) is 11.4 Å². The second-order valence-corrected chi connectivity index (χ2v) is 6.35. The van der Waals surface area contributed by atoms with Gasteiger partial charge in [-0.1, -0.05) is 5.16 Å². The van der Waals surface area contributed by atoms with Crippen LogP contribution < -0.4 is 0 Å². The second-order valence-electron chi connectivity index (χ2n) is 6.35. The topological polar surface area (TPSA) is 78.6 Å². The van der Waals surface area contributed by atoms with E-state index in [4.69, 9.17) is 4.52 Å². The average molecular weight is 358 g/mol. The molecule has 8 heteroatoms. The van der Waals surface area contributed by atoms with Crippen molar-refractivity contribution in [3.05, 3.63) is 30.4 Å². The fourth-order valence-corrected chi connectivity index (χ4v) is 3.17. The molecule has 0 saturated carbocycles. The lowest BCUT2D eigenvalue weighted by molar-refractivity contribution is 0.0866. The Labute approximate surface area is 153 Å². The molecule has 0 radical (unpaired) electrons. The van der Waals surface area contributed by atoms with Crippen molar-refractivity contribution >= 4 is 6.03 Å². The van der Waals surface area contributed by atoms with Gasteiger partial charge in [0, 0.05) is 57.2 Å². The van der Waals surface area contributed by atoms with E-state index in [2.05, 4.69) is 26.9 Å². The van der Waals surface area contributed by atoms with Gasteiger partial charge in [-0.05, 0) is 32.9 Å². The summed E-state index contributed by atoms with van der Waals surface area (Å²) in [6.07, 6.45) is 3.42. The van der Waals surface area contributed by atoms with E-state index in [9.17, 15) is 4.79 Å². The van der Waals surface area contributed by atoms with Crippen LogP contribution in [0, 0.1) is 0 Å². The highest BCUT2D eigenvalue weighted by Crippen LogP contribution is 2.23. The molecule has 1 aliphatic heterocycles. The molecule has 1 fully saturated rings. The molecule has 140 valence electrons. The predicted molar refractivity (Wildman–Crippen MR) is 97.4 cm³/mol. The number of rotatable bonds is 5. The van der Waals surface area contributed by atoms with Crippen molar-refractivity contribution in [1.82, 2.24) is 29.8 Å². The van der Waals surface area contributed by atoms with E-state index < -0.39 is 0 Å². The first-order valence-electron chi connectivity index (χ1n) is 9.16. The SMILES string of the molecule is CCN(CC)C(=O)N1CCN([C@H](C)c2nc(-c3ccncc3)no2)CC1. The lowest BCUT2D eigenvalue weighted by atomic mass is 10.2. The molecule has 3 rings (SSSR count). The Morgan fingerprint density at radius 3 is 2.46 bits per heavy atom. The lowest BCUT2D eigenvalue weighted by Crippen LogP contribution is -2.53. The maximum absolute atomic E-state index is 12.5. The number of pyridine rings is 1. The predicted octanol–water partition coefficient (Wildman–Crippen LogP) is 2.27. The number of hydrogen-bond donors (Lipinski definition) is 0. The van der Waals surface area contributed by atoms with Gasteiger partial charge in [-0.2, -0.15) is 4.98 Å². The molecule has 26 heavy (non-hydrogen) atoms. The molecule has 1 atom stereocenters. The Morgan fingerprint density at radius 1 is 1.19 bits per heavy atom. The number of urea groups is 1. The summed E-state index contributed by atoms with van der Waals surface area (Å²) in [6, 6.07) is 3.86. The third-order valence-corrected chi connectivity index (χ3v) is 4.90. The highest BCUT2D eigenvalue weighted by molar-refractivity contribution is 5.74. The molecule has 0 aromatic carbocycles. The minimum Gasteiger partial charge on any atom is -0.337 e. The molecule has 3 heterocycles. The van der Waals surface area contributed by atoms with Gasteiger partial charge in [-0.15, -0.1) is 0 Å². The van der Waals surface area contributed by atoms with E-state index in [1.54, 1.807) is 12.4 Å². The summed E-state index contributed by atoms with van der Waals surface area (Å²) in [4.78, 5) is 27.0. The molecular weight excluding hydrogens is 332 g/mol. The monoisotopic (exact) mass is 358 g/mol. The Bertz CT molecular complexity index is 707. The number of carbonyl (C=O) groups excluding carboxylic acids is 1. The summed E-state index contributed by atoms with van der Waals surface area (Å²) in [7, 11) is 0. The van der Waals surface area contributed by atoms with Crippen LogP contribution in [0.3, 0.4) is 0 Å². The smallest absolute Gasteiger partial charge is 0.320 e. The van der Waals surface area contributed by atoms with Crippen molar-refractivity contribution in [1.29, 1.82) is 0 Å². The van der Waals surface area contributed by atoms with Crippen LogP contribution >= 0.6 is 0 Å². The highest BCUT2D eigenvalue weighted by atomic mass is 16.5. The van der Waals surface area contributed by atoms with E-state index >= 15 is 0 Å². The first kappa shape index (κ1) is 18.3. The fourth-order valence-electron chi connectivity index (χ4n) is 3.17. The van der Waals surface area contributed by atoms with E-state index in [0.29, 0.717) is 24.8 Å². The molecule has 2 aromatic rings. The molecule has 2 aromatic heterocycles. The minimum atomic E-state index is 0.0174.